The van der Waals surface area contributed by atoms with Crippen LogP contribution >= 0.6 is 0 Å². The third-order valence-electron chi connectivity index (χ3n) is 4.56. The molecule has 0 atom stereocenters. The zero-order valence-electron chi connectivity index (χ0n) is 19.0. The van der Waals surface area contributed by atoms with Crippen molar-refractivity contribution in [2.75, 3.05) is 20.3 Å². The molecule has 7 nitrogen and oxygen atoms in total. The summed E-state index contributed by atoms with van der Waals surface area (Å²) in [4.78, 5) is 17.1. The lowest BCUT2D eigenvalue weighted by atomic mass is 10.2. The van der Waals surface area contributed by atoms with Crippen LogP contribution < -0.4 is 19.5 Å². The molecule has 0 spiro atoms. The smallest absolute Gasteiger partial charge is 0.255 e. The number of ether oxygens (including phenoxy) is 3. The van der Waals surface area contributed by atoms with Gasteiger partial charge in [-0.2, -0.15) is 0 Å². The molecule has 1 amide bonds. The fourth-order valence-corrected chi connectivity index (χ4v) is 2.96. The van der Waals surface area contributed by atoms with E-state index in [0.29, 0.717) is 53.5 Å². The van der Waals surface area contributed by atoms with Gasteiger partial charge in [-0.15, -0.1) is 0 Å². The van der Waals surface area contributed by atoms with Gasteiger partial charge in [0.05, 0.1) is 38.1 Å². The minimum atomic E-state index is -0.227. The Morgan fingerprint density at radius 2 is 1.91 bits per heavy atom. The van der Waals surface area contributed by atoms with Crippen molar-refractivity contribution < 1.29 is 23.4 Å². The Hall–Kier alpha value is -3.48. The Morgan fingerprint density at radius 1 is 1.09 bits per heavy atom. The Bertz CT molecular complexity index is 1030. The summed E-state index contributed by atoms with van der Waals surface area (Å²) in [6, 6.07) is 12.7. The van der Waals surface area contributed by atoms with E-state index < -0.39 is 0 Å². The van der Waals surface area contributed by atoms with Crippen molar-refractivity contribution >= 4 is 5.91 Å². The highest BCUT2D eigenvalue weighted by atomic mass is 16.5. The van der Waals surface area contributed by atoms with Crippen molar-refractivity contribution in [1.29, 1.82) is 0 Å². The number of hydrogen-bond donors (Lipinski definition) is 1. The number of benzene rings is 2. The third kappa shape index (κ3) is 6.03. The van der Waals surface area contributed by atoms with Crippen LogP contribution in [-0.4, -0.2) is 31.2 Å². The van der Waals surface area contributed by atoms with Crippen molar-refractivity contribution in [3.05, 3.63) is 60.0 Å². The highest BCUT2D eigenvalue weighted by molar-refractivity contribution is 5.96. The second-order valence-corrected chi connectivity index (χ2v) is 7.74. The van der Waals surface area contributed by atoms with E-state index in [2.05, 4.69) is 24.1 Å². The van der Waals surface area contributed by atoms with Gasteiger partial charge in [-0.3, -0.25) is 4.79 Å². The van der Waals surface area contributed by atoms with Crippen LogP contribution in [-0.2, 0) is 6.54 Å². The maximum atomic E-state index is 12.6. The molecule has 0 unspecified atom stereocenters. The van der Waals surface area contributed by atoms with Gasteiger partial charge in [0.1, 0.15) is 12.0 Å². The molecule has 0 aliphatic heterocycles. The van der Waals surface area contributed by atoms with Crippen LogP contribution in [0, 0.1) is 5.92 Å². The topological polar surface area (TPSA) is 82.8 Å². The minimum absolute atomic E-state index is 0.227. The van der Waals surface area contributed by atoms with Crippen LogP contribution in [0.25, 0.3) is 11.5 Å². The normalized spacial score (nSPS) is 10.8. The Morgan fingerprint density at radius 3 is 2.66 bits per heavy atom. The summed E-state index contributed by atoms with van der Waals surface area (Å²) < 4.78 is 22.5. The van der Waals surface area contributed by atoms with Crippen molar-refractivity contribution in [1.82, 2.24) is 10.3 Å². The van der Waals surface area contributed by atoms with Gasteiger partial charge in [0.25, 0.3) is 5.91 Å². The number of aromatic nitrogens is 1. The highest BCUT2D eigenvalue weighted by Gasteiger charge is 2.15. The van der Waals surface area contributed by atoms with E-state index in [1.165, 1.54) is 6.26 Å². The molecular formula is C25H30N2O5. The maximum absolute atomic E-state index is 12.6. The van der Waals surface area contributed by atoms with Gasteiger partial charge in [-0.1, -0.05) is 32.9 Å². The molecule has 7 heteroatoms. The van der Waals surface area contributed by atoms with Gasteiger partial charge in [-0.25, -0.2) is 4.98 Å². The van der Waals surface area contributed by atoms with Crippen molar-refractivity contribution in [2.45, 2.75) is 33.7 Å². The van der Waals surface area contributed by atoms with Gasteiger partial charge in [0.15, 0.2) is 11.5 Å². The first kappa shape index (κ1) is 23.2. The maximum Gasteiger partial charge on any atom is 0.255 e. The lowest BCUT2D eigenvalue weighted by Gasteiger charge is -2.13. The molecule has 0 fully saturated rings. The predicted molar refractivity (Wildman–Crippen MR) is 122 cm³/mol. The number of para-hydroxylation sites is 1. The molecular weight excluding hydrogens is 408 g/mol. The summed E-state index contributed by atoms with van der Waals surface area (Å²) in [7, 11) is 1.61. The number of nitrogens with zero attached hydrogens (tertiary/aromatic N) is 1. The van der Waals surface area contributed by atoms with Crippen LogP contribution in [0.3, 0.4) is 0 Å². The van der Waals surface area contributed by atoms with E-state index >= 15 is 0 Å². The molecule has 0 aliphatic rings. The molecule has 1 N–H and O–H groups in total. The zero-order valence-corrected chi connectivity index (χ0v) is 19.0. The van der Waals surface area contributed by atoms with Crippen LogP contribution in [0.4, 0.5) is 0 Å². The zero-order chi connectivity index (χ0) is 22.9. The summed E-state index contributed by atoms with van der Waals surface area (Å²) in [5.74, 6) is 2.46. The monoisotopic (exact) mass is 438 g/mol. The Kier molecular flexibility index (Phi) is 8.14. The molecule has 1 heterocycles. The van der Waals surface area contributed by atoms with Crippen LogP contribution in [0.5, 0.6) is 17.2 Å². The molecule has 3 rings (SSSR count). The third-order valence-corrected chi connectivity index (χ3v) is 4.56. The van der Waals surface area contributed by atoms with Crippen molar-refractivity contribution in [3.63, 3.8) is 0 Å². The standard InChI is InChI=1S/C25H30N2O5/c1-5-12-30-21-9-7-6-8-20(21)24(28)26-14-19-16-32-25(27-19)18-10-11-22(29-4)23(13-18)31-15-17(2)3/h6-11,13,16-17H,5,12,14-15H2,1-4H3,(H,26,28). The van der Waals surface area contributed by atoms with Gasteiger partial charge in [-0.05, 0) is 42.7 Å². The number of rotatable bonds is 11. The largest absolute Gasteiger partial charge is 0.493 e. The Balaban J connectivity index is 1.68. The molecule has 0 aliphatic carbocycles. The number of methoxy groups -OCH3 is 1. The fourth-order valence-electron chi connectivity index (χ4n) is 2.96. The van der Waals surface area contributed by atoms with Gasteiger partial charge in [0.2, 0.25) is 5.89 Å². The fraction of sp³-hybridized carbons (Fsp3) is 0.360. The van der Waals surface area contributed by atoms with Gasteiger partial charge < -0.3 is 23.9 Å². The number of oxazole rings is 1. The molecule has 0 saturated carbocycles. The molecule has 0 radical (unpaired) electrons. The SMILES string of the molecule is CCCOc1ccccc1C(=O)NCc1coc(-c2ccc(OC)c(OCC(C)C)c2)n1. The van der Waals surface area contributed by atoms with Crippen LogP contribution in [0.15, 0.2) is 53.1 Å². The average molecular weight is 439 g/mol. The molecule has 0 bridgehead atoms. The first-order chi connectivity index (χ1) is 15.5. The molecule has 170 valence electrons. The summed E-state index contributed by atoms with van der Waals surface area (Å²) in [5.41, 5.74) is 1.87. The lowest BCUT2D eigenvalue weighted by Crippen LogP contribution is -2.23. The van der Waals surface area contributed by atoms with E-state index in [1.807, 2.05) is 37.3 Å². The van der Waals surface area contributed by atoms with Gasteiger partial charge >= 0.3 is 0 Å². The van der Waals surface area contributed by atoms with E-state index in [0.717, 1.165) is 12.0 Å². The van der Waals surface area contributed by atoms with Crippen molar-refractivity contribution in [3.8, 4) is 28.7 Å². The number of carbonyl (C=O) groups is 1. The quantitative estimate of drug-likeness (QED) is 0.448. The van der Waals surface area contributed by atoms with Crippen LogP contribution in [0.2, 0.25) is 0 Å². The number of hydrogen-bond acceptors (Lipinski definition) is 6. The van der Waals surface area contributed by atoms with E-state index in [4.69, 9.17) is 18.6 Å². The highest BCUT2D eigenvalue weighted by Crippen LogP contribution is 2.32. The minimum Gasteiger partial charge on any atom is -0.493 e. The number of carbonyl (C=O) groups excluding carboxylic acids is 1. The summed E-state index contributed by atoms with van der Waals surface area (Å²) in [5, 5.41) is 2.87. The second kappa shape index (κ2) is 11.2. The average Bonchev–Trinajstić information content (AvgIpc) is 3.29. The summed E-state index contributed by atoms with van der Waals surface area (Å²) >= 11 is 0. The van der Waals surface area contributed by atoms with Gasteiger partial charge in [0, 0.05) is 5.56 Å². The molecule has 32 heavy (non-hydrogen) atoms. The van der Waals surface area contributed by atoms with E-state index in [-0.39, 0.29) is 12.5 Å². The van der Waals surface area contributed by atoms with Crippen LogP contribution in [0.1, 0.15) is 43.2 Å². The lowest BCUT2D eigenvalue weighted by molar-refractivity contribution is 0.0946. The summed E-state index contributed by atoms with van der Waals surface area (Å²) in [6.45, 7) is 7.55. The Labute approximate surface area is 188 Å². The predicted octanol–water partition coefficient (Wildman–Crippen LogP) is 5.10. The number of nitrogens with one attached hydrogen (secondary N) is 1. The van der Waals surface area contributed by atoms with E-state index in [9.17, 15) is 4.79 Å². The molecule has 2 aromatic carbocycles. The first-order valence-electron chi connectivity index (χ1n) is 10.8. The second-order valence-electron chi connectivity index (χ2n) is 7.74. The van der Waals surface area contributed by atoms with Crippen molar-refractivity contribution in [2.24, 2.45) is 5.92 Å². The molecule has 0 saturated heterocycles. The molecule has 1 aromatic heterocycles. The molecule has 3 aromatic rings. The summed E-state index contributed by atoms with van der Waals surface area (Å²) in [6.07, 6.45) is 2.40. The van der Waals surface area contributed by atoms with E-state index in [1.54, 1.807) is 19.2 Å². The first-order valence-corrected chi connectivity index (χ1v) is 10.8. The number of amides is 1.